The summed E-state index contributed by atoms with van der Waals surface area (Å²) in [6.45, 7) is 0.579. The van der Waals surface area contributed by atoms with Gasteiger partial charge >= 0.3 is 12.3 Å². The largest absolute Gasteiger partial charge is 0.415 e. The number of nitrogens with zero attached hydrogens (tertiary/aromatic N) is 3. The van der Waals surface area contributed by atoms with Crippen LogP contribution in [0.5, 0.6) is 5.75 Å². The Kier molecular flexibility index (Phi) is 8.37. The molecule has 3 fully saturated rings. The molecule has 2 aromatic rings. The highest BCUT2D eigenvalue weighted by atomic mass is 35.5. The summed E-state index contributed by atoms with van der Waals surface area (Å²) in [6.07, 6.45) is -5.17. The fourth-order valence-electron chi connectivity index (χ4n) is 5.87. The van der Waals surface area contributed by atoms with Gasteiger partial charge in [-0.1, -0.05) is 29.3 Å². The van der Waals surface area contributed by atoms with Gasteiger partial charge in [-0.25, -0.2) is 9.18 Å². The van der Waals surface area contributed by atoms with Crippen molar-refractivity contribution in [2.45, 2.75) is 43.8 Å². The van der Waals surface area contributed by atoms with Crippen LogP contribution in [-0.2, 0) is 9.59 Å². The number of alkyl halides is 3. The minimum atomic E-state index is -4.58. The van der Waals surface area contributed by atoms with Gasteiger partial charge < -0.3 is 19.4 Å². The number of carbonyl (C=O) groups excluding carboxylic acids is 3. The molecule has 0 aromatic heterocycles. The summed E-state index contributed by atoms with van der Waals surface area (Å²) in [7, 11) is 1.55. The molecule has 0 bridgehead atoms. The molecule has 42 heavy (non-hydrogen) atoms. The first-order chi connectivity index (χ1) is 19.8. The zero-order valence-corrected chi connectivity index (χ0v) is 24.2. The molecule has 2 atom stereocenters. The average molecular weight is 630 g/mol. The number of hydrogen-bond acceptors (Lipinski definition) is 4. The molecule has 0 unspecified atom stereocenters. The van der Waals surface area contributed by atoms with E-state index >= 15 is 0 Å². The van der Waals surface area contributed by atoms with Gasteiger partial charge in [-0.15, -0.1) is 0 Å². The number of likely N-dealkylation sites (tertiary alicyclic amines) is 2. The van der Waals surface area contributed by atoms with Crippen LogP contribution < -0.4 is 4.74 Å². The van der Waals surface area contributed by atoms with Crippen molar-refractivity contribution < 1.29 is 36.7 Å². The van der Waals surface area contributed by atoms with Crippen molar-refractivity contribution in [3.8, 4) is 5.75 Å². The number of piperidine rings is 1. The second-order valence-electron chi connectivity index (χ2n) is 11.2. The van der Waals surface area contributed by atoms with E-state index in [0.717, 1.165) is 5.56 Å². The topological polar surface area (TPSA) is 70.2 Å². The minimum absolute atomic E-state index is 0.0739. The zero-order valence-electron chi connectivity index (χ0n) is 22.7. The average Bonchev–Trinajstić information content (AvgIpc) is 3.68. The summed E-state index contributed by atoms with van der Waals surface area (Å²) in [6, 6.07) is 9.59. The number of amides is 3. The van der Waals surface area contributed by atoms with Crippen LogP contribution >= 0.6 is 23.2 Å². The van der Waals surface area contributed by atoms with Crippen LogP contribution in [0.2, 0.25) is 10.0 Å². The molecule has 0 spiro atoms. The van der Waals surface area contributed by atoms with Crippen LogP contribution in [0, 0.1) is 17.2 Å². The highest BCUT2D eigenvalue weighted by Crippen LogP contribution is 2.58. The van der Waals surface area contributed by atoms with Crippen LogP contribution in [0.1, 0.15) is 37.2 Å². The summed E-state index contributed by atoms with van der Waals surface area (Å²) in [5, 5.41) is 0.672. The van der Waals surface area contributed by atoms with Crippen LogP contribution in [0.25, 0.3) is 0 Å². The molecule has 2 aliphatic heterocycles. The fraction of sp³-hybridized carbons (Fsp3) is 0.483. The van der Waals surface area contributed by atoms with Crippen molar-refractivity contribution in [1.82, 2.24) is 14.7 Å². The molecule has 3 amide bonds. The number of hydrogen-bond donors (Lipinski definition) is 0. The standard InChI is InChI=1S/C29H29Cl2F4N3O4/c1-36(27(41)42-20-5-3-19(32)4-6-20)24-16-38(15-21(24)18-2-7-22(30)23(31)14-18)25(39)17-8-12-37(13-9-17)26(40)28(10-11-28)29(33,34)35/h2-7,14,17,21,24H,8-13,15-16H2,1H3/t21-,24+/m0/s1. The van der Waals surface area contributed by atoms with Crippen molar-refractivity contribution in [1.29, 1.82) is 0 Å². The van der Waals surface area contributed by atoms with Crippen molar-refractivity contribution in [3.05, 3.63) is 63.9 Å². The summed E-state index contributed by atoms with van der Waals surface area (Å²) in [5.74, 6) is -2.23. The molecule has 0 radical (unpaired) electrons. The Balaban J connectivity index is 1.28. The predicted molar refractivity (Wildman–Crippen MR) is 147 cm³/mol. The van der Waals surface area contributed by atoms with Gasteiger partial charge in [0.25, 0.3) is 0 Å². The van der Waals surface area contributed by atoms with Crippen molar-refractivity contribution in [3.63, 3.8) is 0 Å². The van der Waals surface area contributed by atoms with Gasteiger partial charge in [-0.3, -0.25) is 9.59 Å². The lowest BCUT2D eigenvalue weighted by Gasteiger charge is -2.35. The lowest BCUT2D eigenvalue weighted by atomic mass is 9.93. The highest BCUT2D eigenvalue weighted by molar-refractivity contribution is 6.42. The third-order valence-electron chi connectivity index (χ3n) is 8.61. The Morgan fingerprint density at radius 3 is 2.17 bits per heavy atom. The summed E-state index contributed by atoms with van der Waals surface area (Å²) < 4.78 is 59.1. The lowest BCUT2D eigenvalue weighted by molar-refractivity contribution is -0.199. The lowest BCUT2D eigenvalue weighted by Crippen LogP contribution is -2.49. The van der Waals surface area contributed by atoms with Gasteiger partial charge in [-0.05, 0) is 67.6 Å². The molecule has 2 aromatic carbocycles. The van der Waals surface area contributed by atoms with E-state index in [9.17, 15) is 31.9 Å². The second kappa shape index (κ2) is 11.6. The molecule has 1 saturated carbocycles. The maximum absolute atomic E-state index is 13.6. The van der Waals surface area contributed by atoms with E-state index < -0.39 is 41.4 Å². The molecule has 2 saturated heterocycles. The van der Waals surface area contributed by atoms with Crippen LogP contribution in [0.15, 0.2) is 42.5 Å². The molecule has 3 aliphatic rings. The minimum Gasteiger partial charge on any atom is -0.410 e. The first-order valence-electron chi connectivity index (χ1n) is 13.6. The number of carbonyl (C=O) groups is 3. The number of rotatable bonds is 5. The van der Waals surface area contributed by atoms with Crippen molar-refractivity contribution in [2.75, 3.05) is 33.2 Å². The van der Waals surface area contributed by atoms with Crippen LogP contribution in [-0.4, -0.2) is 78.1 Å². The van der Waals surface area contributed by atoms with Crippen molar-refractivity contribution >= 4 is 41.1 Å². The Labute approximate surface area is 250 Å². The van der Waals surface area contributed by atoms with Crippen LogP contribution in [0.3, 0.4) is 0 Å². The fourth-order valence-corrected chi connectivity index (χ4v) is 6.18. The smallest absolute Gasteiger partial charge is 0.410 e. The Morgan fingerprint density at radius 1 is 0.952 bits per heavy atom. The van der Waals surface area contributed by atoms with E-state index in [1.54, 1.807) is 30.1 Å². The molecule has 0 N–H and O–H groups in total. The number of benzene rings is 2. The van der Waals surface area contributed by atoms with Gasteiger partial charge in [0, 0.05) is 45.1 Å². The molecule has 7 nitrogen and oxygen atoms in total. The van der Waals surface area contributed by atoms with Gasteiger partial charge in [0.05, 0.1) is 16.1 Å². The first-order valence-corrected chi connectivity index (χ1v) is 14.4. The van der Waals surface area contributed by atoms with E-state index in [4.69, 9.17) is 27.9 Å². The second-order valence-corrected chi connectivity index (χ2v) is 12.0. The monoisotopic (exact) mass is 629 g/mol. The van der Waals surface area contributed by atoms with Gasteiger partial charge in [0.15, 0.2) is 0 Å². The van der Waals surface area contributed by atoms with E-state index in [1.807, 2.05) is 0 Å². The maximum atomic E-state index is 13.6. The quantitative estimate of drug-likeness (QED) is 0.373. The Hall–Kier alpha value is -3.05. The Bertz CT molecular complexity index is 1360. The van der Waals surface area contributed by atoms with E-state index in [0.29, 0.717) is 10.0 Å². The molecule has 13 heteroatoms. The third kappa shape index (κ3) is 5.90. The van der Waals surface area contributed by atoms with Crippen molar-refractivity contribution in [2.24, 2.45) is 11.3 Å². The SMILES string of the molecule is CN(C(=O)Oc1ccc(F)cc1)[C@@H]1CN(C(=O)C2CCN(C(=O)C3(C(F)(F)F)CC3)CC2)C[C@H]1c1ccc(Cl)c(Cl)c1. The molecule has 5 rings (SSSR count). The van der Waals surface area contributed by atoms with Gasteiger partial charge in [0.2, 0.25) is 11.8 Å². The molecular formula is C29H29Cl2F4N3O4. The summed E-state index contributed by atoms with van der Waals surface area (Å²) in [5.41, 5.74) is -1.51. The highest BCUT2D eigenvalue weighted by Gasteiger charge is 2.69. The zero-order chi connectivity index (χ0) is 30.4. The molecular weight excluding hydrogens is 601 g/mol. The summed E-state index contributed by atoms with van der Waals surface area (Å²) in [4.78, 5) is 43.6. The van der Waals surface area contributed by atoms with Crippen LogP contribution in [0.4, 0.5) is 22.4 Å². The van der Waals surface area contributed by atoms with E-state index in [1.165, 1.54) is 34.1 Å². The van der Waals surface area contributed by atoms with E-state index in [-0.39, 0.29) is 69.4 Å². The number of halogens is 6. The first kappa shape index (κ1) is 30.4. The van der Waals surface area contributed by atoms with Gasteiger partial charge in [0.1, 0.15) is 17.0 Å². The van der Waals surface area contributed by atoms with Gasteiger partial charge in [-0.2, -0.15) is 13.2 Å². The van der Waals surface area contributed by atoms with E-state index in [2.05, 4.69) is 0 Å². The maximum Gasteiger partial charge on any atom is 0.415 e. The number of ether oxygens (including phenoxy) is 1. The summed E-state index contributed by atoms with van der Waals surface area (Å²) >= 11 is 12.4. The predicted octanol–water partition coefficient (Wildman–Crippen LogP) is 6.14. The molecule has 1 aliphatic carbocycles. The normalized spacial score (nSPS) is 22.2. The number of likely N-dealkylation sites (N-methyl/N-ethyl adjacent to an activating group) is 1. The Morgan fingerprint density at radius 2 is 1.60 bits per heavy atom. The third-order valence-corrected chi connectivity index (χ3v) is 9.35. The molecule has 2 heterocycles. The molecule has 226 valence electrons.